The molecule has 19 heavy (non-hydrogen) atoms. The van der Waals surface area contributed by atoms with Crippen LogP contribution in [0.4, 0.5) is 11.4 Å². The summed E-state index contributed by atoms with van der Waals surface area (Å²) in [5.41, 5.74) is 4.96. The first kappa shape index (κ1) is 15.4. The maximum atomic E-state index is 2.17. The molecular weight excluding hydrogens is 256 g/mol. The van der Waals surface area contributed by atoms with Gasteiger partial charge in [-0.3, -0.25) is 0 Å². The summed E-state index contributed by atoms with van der Waals surface area (Å²) < 4.78 is 0. The van der Waals surface area contributed by atoms with Crippen LogP contribution >= 0.6 is 12.4 Å². The molecule has 3 heteroatoms. The second-order valence-electron chi connectivity index (χ2n) is 4.88. The summed E-state index contributed by atoms with van der Waals surface area (Å²) in [5.74, 6) is 0. The van der Waals surface area contributed by atoms with Crippen LogP contribution in [0, 0.1) is 0 Å². The predicted molar refractivity (Wildman–Crippen MR) is 87.8 cm³/mol. The molecular formula is C16H21ClN2. The number of nitrogens with zero attached hydrogens (tertiary/aromatic N) is 2. The van der Waals surface area contributed by atoms with Crippen molar-refractivity contribution in [2.24, 2.45) is 0 Å². The highest BCUT2D eigenvalue weighted by atomic mass is 35.5. The van der Waals surface area contributed by atoms with Crippen LogP contribution in [0.5, 0.6) is 0 Å². The average molecular weight is 277 g/mol. The molecule has 2 nitrogen and oxygen atoms in total. The summed E-state index contributed by atoms with van der Waals surface area (Å²) >= 11 is 0. The van der Waals surface area contributed by atoms with Crippen LogP contribution in [0.25, 0.3) is 11.1 Å². The molecule has 0 N–H and O–H groups in total. The van der Waals surface area contributed by atoms with Crippen LogP contribution in [0.3, 0.4) is 0 Å². The molecule has 0 saturated carbocycles. The van der Waals surface area contributed by atoms with E-state index in [4.69, 9.17) is 0 Å². The normalized spacial score (nSPS) is 9.68. The van der Waals surface area contributed by atoms with Crippen LogP contribution in [-0.2, 0) is 0 Å². The van der Waals surface area contributed by atoms with Crippen molar-refractivity contribution in [1.82, 2.24) is 0 Å². The predicted octanol–water partition coefficient (Wildman–Crippen LogP) is 3.91. The van der Waals surface area contributed by atoms with Gasteiger partial charge < -0.3 is 9.80 Å². The van der Waals surface area contributed by atoms with Crippen LogP contribution < -0.4 is 9.80 Å². The smallest absolute Gasteiger partial charge is 0.0361 e. The van der Waals surface area contributed by atoms with Crippen molar-refractivity contribution in [3.05, 3.63) is 48.5 Å². The Bertz CT molecular complexity index is 452. The summed E-state index contributed by atoms with van der Waals surface area (Å²) in [4.78, 5) is 4.22. The Hall–Kier alpha value is -1.67. The van der Waals surface area contributed by atoms with Crippen LogP contribution in [0.2, 0.25) is 0 Å². The van der Waals surface area contributed by atoms with Gasteiger partial charge in [-0.05, 0) is 35.4 Å². The summed E-state index contributed by atoms with van der Waals surface area (Å²) in [5, 5.41) is 0. The molecule has 0 unspecified atom stereocenters. The monoisotopic (exact) mass is 276 g/mol. The number of benzene rings is 2. The zero-order valence-corrected chi connectivity index (χ0v) is 12.7. The molecule has 0 aromatic heterocycles. The SMILES string of the molecule is CN(C)c1ccc(-c2ccc(N(C)C)cc2)cc1.Cl. The first-order valence-electron chi connectivity index (χ1n) is 6.13. The molecule has 0 aliphatic carbocycles. The molecule has 0 aliphatic heterocycles. The van der Waals surface area contributed by atoms with Gasteiger partial charge >= 0.3 is 0 Å². The molecule has 0 saturated heterocycles. The Morgan fingerprint density at radius 2 is 0.789 bits per heavy atom. The lowest BCUT2D eigenvalue weighted by Crippen LogP contribution is -2.08. The molecule has 2 aromatic rings. The highest BCUT2D eigenvalue weighted by molar-refractivity contribution is 5.85. The lowest BCUT2D eigenvalue weighted by atomic mass is 10.0. The number of hydrogen-bond donors (Lipinski definition) is 0. The molecule has 0 radical (unpaired) electrons. The summed E-state index contributed by atoms with van der Waals surface area (Å²) in [6.07, 6.45) is 0. The van der Waals surface area contributed by atoms with Crippen molar-refractivity contribution < 1.29 is 0 Å². The van der Waals surface area contributed by atoms with E-state index in [1.165, 1.54) is 22.5 Å². The third-order valence-corrected chi connectivity index (χ3v) is 3.10. The Morgan fingerprint density at radius 1 is 0.526 bits per heavy atom. The van der Waals surface area contributed by atoms with Crippen molar-refractivity contribution in [2.75, 3.05) is 38.0 Å². The largest absolute Gasteiger partial charge is 0.378 e. The maximum absolute atomic E-state index is 2.17. The molecule has 0 fully saturated rings. The Balaban J connectivity index is 0.00000180. The van der Waals surface area contributed by atoms with Gasteiger partial charge in [-0.25, -0.2) is 0 Å². The van der Waals surface area contributed by atoms with Gasteiger partial charge in [0.05, 0.1) is 0 Å². The van der Waals surface area contributed by atoms with Crippen molar-refractivity contribution in [2.45, 2.75) is 0 Å². The van der Waals surface area contributed by atoms with Gasteiger partial charge in [0.25, 0.3) is 0 Å². The highest BCUT2D eigenvalue weighted by Gasteiger charge is 2.00. The van der Waals surface area contributed by atoms with Crippen molar-refractivity contribution in [3.63, 3.8) is 0 Å². The molecule has 0 spiro atoms. The molecule has 0 heterocycles. The minimum Gasteiger partial charge on any atom is -0.378 e. The molecule has 2 aromatic carbocycles. The Labute approximate surface area is 122 Å². The standard InChI is InChI=1S/C16H20N2.ClH/c1-17(2)15-9-5-13(6-10-15)14-7-11-16(12-8-14)18(3)4;/h5-12H,1-4H3;1H. The van der Waals surface area contributed by atoms with Gasteiger partial charge in [0.1, 0.15) is 0 Å². The molecule has 2 rings (SSSR count). The zero-order chi connectivity index (χ0) is 13.1. The van der Waals surface area contributed by atoms with Gasteiger partial charge in [-0.15, -0.1) is 12.4 Å². The zero-order valence-electron chi connectivity index (χ0n) is 11.9. The number of hydrogen-bond acceptors (Lipinski definition) is 2. The van der Waals surface area contributed by atoms with Crippen molar-refractivity contribution in [1.29, 1.82) is 0 Å². The average Bonchev–Trinajstić information content (AvgIpc) is 2.39. The molecule has 0 amide bonds. The maximum Gasteiger partial charge on any atom is 0.0361 e. The number of halogens is 1. The molecule has 0 atom stereocenters. The lowest BCUT2D eigenvalue weighted by molar-refractivity contribution is 1.13. The fourth-order valence-electron chi connectivity index (χ4n) is 1.90. The first-order chi connectivity index (χ1) is 8.58. The van der Waals surface area contributed by atoms with E-state index >= 15 is 0 Å². The van der Waals surface area contributed by atoms with E-state index < -0.39 is 0 Å². The van der Waals surface area contributed by atoms with Crippen LogP contribution in [0.1, 0.15) is 0 Å². The topological polar surface area (TPSA) is 6.48 Å². The quantitative estimate of drug-likeness (QED) is 0.839. The highest BCUT2D eigenvalue weighted by Crippen LogP contribution is 2.24. The van der Waals surface area contributed by atoms with E-state index in [-0.39, 0.29) is 12.4 Å². The fourth-order valence-corrected chi connectivity index (χ4v) is 1.90. The van der Waals surface area contributed by atoms with E-state index in [1.807, 2.05) is 0 Å². The van der Waals surface area contributed by atoms with Crippen molar-refractivity contribution in [3.8, 4) is 11.1 Å². The van der Waals surface area contributed by atoms with Gasteiger partial charge in [0.15, 0.2) is 0 Å². The molecule has 102 valence electrons. The Kier molecular flexibility index (Phi) is 5.25. The van der Waals surface area contributed by atoms with Gasteiger partial charge in [0.2, 0.25) is 0 Å². The van der Waals surface area contributed by atoms with E-state index in [9.17, 15) is 0 Å². The van der Waals surface area contributed by atoms with Crippen molar-refractivity contribution >= 4 is 23.8 Å². The second kappa shape index (κ2) is 6.48. The van der Waals surface area contributed by atoms with E-state index in [2.05, 4.69) is 86.5 Å². The number of anilines is 2. The summed E-state index contributed by atoms with van der Waals surface area (Å²) in [6, 6.07) is 17.3. The third kappa shape index (κ3) is 3.65. The molecule has 0 bridgehead atoms. The Morgan fingerprint density at radius 3 is 1.00 bits per heavy atom. The third-order valence-electron chi connectivity index (χ3n) is 3.10. The molecule has 0 aliphatic rings. The first-order valence-corrected chi connectivity index (χ1v) is 6.13. The lowest BCUT2D eigenvalue weighted by Gasteiger charge is -2.14. The van der Waals surface area contributed by atoms with Gasteiger partial charge in [0, 0.05) is 39.6 Å². The fraction of sp³-hybridized carbons (Fsp3) is 0.250. The van der Waals surface area contributed by atoms with E-state index in [0.29, 0.717) is 0 Å². The number of rotatable bonds is 3. The minimum atomic E-state index is 0. The summed E-state index contributed by atoms with van der Waals surface area (Å²) in [7, 11) is 8.23. The van der Waals surface area contributed by atoms with E-state index in [0.717, 1.165) is 0 Å². The minimum absolute atomic E-state index is 0. The van der Waals surface area contributed by atoms with Crippen LogP contribution in [-0.4, -0.2) is 28.2 Å². The van der Waals surface area contributed by atoms with E-state index in [1.54, 1.807) is 0 Å². The van der Waals surface area contributed by atoms with Crippen LogP contribution in [0.15, 0.2) is 48.5 Å². The van der Waals surface area contributed by atoms with Gasteiger partial charge in [-0.2, -0.15) is 0 Å². The van der Waals surface area contributed by atoms with Gasteiger partial charge in [-0.1, -0.05) is 24.3 Å². The second-order valence-corrected chi connectivity index (χ2v) is 4.88. The summed E-state index contributed by atoms with van der Waals surface area (Å²) in [6.45, 7) is 0.